The molecule has 0 aliphatic heterocycles. The third kappa shape index (κ3) is 3.20. The van der Waals surface area contributed by atoms with Gasteiger partial charge in [0.1, 0.15) is 23.3 Å². The normalized spacial score (nSPS) is 13.9. The summed E-state index contributed by atoms with van der Waals surface area (Å²) in [6, 6.07) is 9.92. The van der Waals surface area contributed by atoms with Crippen molar-refractivity contribution in [3.8, 4) is 0 Å². The van der Waals surface area contributed by atoms with Gasteiger partial charge in [-0.1, -0.05) is 41.9 Å². The molecule has 1 heterocycles. The van der Waals surface area contributed by atoms with Crippen molar-refractivity contribution in [3.05, 3.63) is 52.9 Å². The highest BCUT2D eigenvalue weighted by Gasteiger charge is 2.16. The van der Waals surface area contributed by atoms with E-state index in [1.807, 2.05) is 37.3 Å². The van der Waals surface area contributed by atoms with Crippen LogP contribution in [0.15, 0.2) is 36.7 Å². The first kappa shape index (κ1) is 13.7. The molecule has 1 aromatic heterocycles. The lowest BCUT2D eigenvalue weighted by atomic mass is 10.1. The van der Waals surface area contributed by atoms with Gasteiger partial charge in [-0.3, -0.25) is 0 Å². The summed E-state index contributed by atoms with van der Waals surface area (Å²) < 4.78 is 13.3. The molecule has 0 saturated heterocycles. The zero-order valence-corrected chi connectivity index (χ0v) is 11.5. The summed E-state index contributed by atoms with van der Waals surface area (Å²) in [5.41, 5.74) is 1.31. The van der Waals surface area contributed by atoms with Crippen molar-refractivity contribution in [3.63, 3.8) is 0 Å². The fourth-order valence-electron chi connectivity index (χ4n) is 1.79. The molecule has 100 valence electrons. The lowest BCUT2D eigenvalue weighted by molar-refractivity contribution is 0.365. The highest BCUT2D eigenvalue weighted by atomic mass is 35.5. The first-order valence-corrected chi connectivity index (χ1v) is 6.43. The van der Waals surface area contributed by atoms with Crippen LogP contribution >= 0.6 is 11.6 Å². The van der Waals surface area contributed by atoms with Gasteiger partial charge in [-0.25, -0.2) is 14.4 Å². The average molecular weight is 280 g/mol. The Labute approximate surface area is 116 Å². The van der Waals surface area contributed by atoms with E-state index in [0.717, 1.165) is 5.56 Å². The minimum atomic E-state index is -1.22. The van der Waals surface area contributed by atoms with Crippen LogP contribution in [0.25, 0.3) is 0 Å². The Morgan fingerprint density at radius 1 is 1.16 bits per heavy atom. The fraction of sp³-hybridized carbons (Fsp3) is 0.286. The van der Waals surface area contributed by atoms with E-state index in [-0.39, 0.29) is 16.8 Å². The predicted molar refractivity (Wildman–Crippen MR) is 75.0 cm³/mol. The van der Waals surface area contributed by atoms with Crippen molar-refractivity contribution in [2.75, 3.05) is 5.32 Å². The molecule has 0 radical (unpaired) electrons. The van der Waals surface area contributed by atoms with Crippen molar-refractivity contribution in [1.29, 1.82) is 0 Å². The third-order valence-corrected chi connectivity index (χ3v) is 3.22. The van der Waals surface area contributed by atoms with Crippen LogP contribution in [-0.2, 0) is 0 Å². The van der Waals surface area contributed by atoms with Gasteiger partial charge in [-0.05, 0) is 19.4 Å². The van der Waals surface area contributed by atoms with Gasteiger partial charge < -0.3 is 5.32 Å². The SMILES string of the molecule is CC(F)c1ncnc(N[C@@H](C)c2ccccc2)c1Cl. The zero-order chi connectivity index (χ0) is 13.8. The highest BCUT2D eigenvalue weighted by molar-refractivity contribution is 6.33. The smallest absolute Gasteiger partial charge is 0.149 e. The van der Waals surface area contributed by atoms with E-state index < -0.39 is 6.17 Å². The number of hydrogen-bond acceptors (Lipinski definition) is 3. The molecule has 0 spiro atoms. The van der Waals surface area contributed by atoms with E-state index in [9.17, 15) is 4.39 Å². The average Bonchev–Trinajstić information content (AvgIpc) is 2.41. The van der Waals surface area contributed by atoms with Gasteiger partial charge in [0.25, 0.3) is 0 Å². The molecule has 0 aliphatic rings. The number of benzene rings is 1. The van der Waals surface area contributed by atoms with E-state index in [0.29, 0.717) is 5.82 Å². The summed E-state index contributed by atoms with van der Waals surface area (Å²) in [6.45, 7) is 3.39. The van der Waals surface area contributed by atoms with Crippen molar-refractivity contribution in [2.24, 2.45) is 0 Å². The Hall–Kier alpha value is -1.68. The van der Waals surface area contributed by atoms with Crippen LogP contribution in [-0.4, -0.2) is 9.97 Å². The first-order chi connectivity index (χ1) is 9.09. The Balaban J connectivity index is 2.22. The molecule has 0 aliphatic carbocycles. The van der Waals surface area contributed by atoms with Crippen LogP contribution < -0.4 is 5.32 Å². The van der Waals surface area contributed by atoms with Gasteiger partial charge in [0.2, 0.25) is 0 Å². The van der Waals surface area contributed by atoms with Crippen LogP contribution in [0.1, 0.15) is 37.3 Å². The predicted octanol–water partition coefficient (Wildman–Crippen LogP) is 4.33. The molecule has 5 heteroatoms. The molecule has 3 nitrogen and oxygen atoms in total. The maximum absolute atomic E-state index is 13.3. The molecule has 2 rings (SSSR count). The van der Waals surface area contributed by atoms with Gasteiger partial charge in [0, 0.05) is 6.04 Å². The number of hydrogen-bond donors (Lipinski definition) is 1. The molecular weight excluding hydrogens is 265 g/mol. The maximum Gasteiger partial charge on any atom is 0.149 e. The number of nitrogens with one attached hydrogen (secondary N) is 1. The van der Waals surface area contributed by atoms with Gasteiger partial charge in [-0.2, -0.15) is 0 Å². The fourth-order valence-corrected chi connectivity index (χ4v) is 2.09. The molecule has 1 N–H and O–H groups in total. The second-order valence-corrected chi connectivity index (χ2v) is 4.69. The minimum Gasteiger partial charge on any atom is -0.362 e. The van der Waals surface area contributed by atoms with Gasteiger partial charge >= 0.3 is 0 Å². The summed E-state index contributed by atoms with van der Waals surface area (Å²) in [5.74, 6) is 0.451. The summed E-state index contributed by atoms with van der Waals surface area (Å²) in [6.07, 6.45) is 0.0974. The minimum absolute atomic E-state index is 0.0244. The number of anilines is 1. The van der Waals surface area contributed by atoms with Crippen LogP contribution in [0.4, 0.5) is 10.2 Å². The number of rotatable bonds is 4. The molecular formula is C14H15ClFN3. The van der Waals surface area contributed by atoms with E-state index >= 15 is 0 Å². The maximum atomic E-state index is 13.3. The van der Waals surface area contributed by atoms with Gasteiger partial charge in [0.15, 0.2) is 0 Å². The van der Waals surface area contributed by atoms with E-state index in [4.69, 9.17) is 11.6 Å². The first-order valence-electron chi connectivity index (χ1n) is 6.05. The molecule has 2 aromatic rings. The van der Waals surface area contributed by atoms with E-state index in [1.165, 1.54) is 13.3 Å². The largest absolute Gasteiger partial charge is 0.362 e. The van der Waals surface area contributed by atoms with Crippen molar-refractivity contribution in [2.45, 2.75) is 26.1 Å². The molecule has 0 saturated carbocycles. The Kier molecular flexibility index (Phi) is 4.32. The summed E-state index contributed by atoms with van der Waals surface area (Å²) >= 11 is 6.11. The summed E-state index contributed by atoms with van der Waals surface area (Å²) in [5, 5.41) is 3.41. The number of aromatic nitrogens is 2. The van der Waals surface area contributed by atoms with Crippen LogP contribution in [0.3, 0.4) is 0 Å². The van der Waals surface area contributed by atoms with E-state index in [2.05, 4.69) is 15.3 Å². The lowest BCUT2D eigenvalue weighted by Gasteiger charge is -2.16. The van der Waals surface area contributed by atoms with E-state index in [1.54, 1.807) is 0 Å². The van der Waals surface area contributed by atoms with Crippen LogP contribution in [0.2, 0.25) is 5.02 Å². The molecule has 19 heavy (non-hydrogen) atoms. The molecule has 0 amide bonds. The Morgan fingerprint density at radius 2 is 1.84 bits per heavy atom. The number of halogens is 2. The Bertz CT molecular complexity index is 546. The second kappa shape index (κ2) is 5.97. The molecule has 0 bridgehead atoms. The molecule has 1 unspecified atom stereocenters. The van der Waals surface area contributed by atoms with Crippen molar-refractivity contribution >= 4 is 17.4 Å². The summed E-state index contributed by atoms with van der Waals surface area (Å²) in [7, 11) is 0. The monoisotopic (exact) mass is 279 g/mol. The lowest BCUT2D eigenvalue weighted by Crippen LogP contribution is -2.09. The van der Waals surface area contributed by atoms with Gasteiger partial charge in [0.05, 0.1) is 5.69 Å². The quantitative estimate of drug-likeness (QED) is 0.905. The third-order valence-electron chi connectivity index (χ3n) is 2.85. The van der Waals surface area contributed by atoms with Crippen LogP contribution in [0, 0.1) is 0 Å². The highest BCUT2D eigenvalue weighted by Crippen LogP contribution is 2.30. The topological polar surface area (TPSA) is 37.8 Å². The number of alkyl halides is 1. The standard InChI is InChI=1S/C14H15ClFN3/c1-9(16)13-12(15)14(18-8-17-13)19-10(2)11-6-4-3-5-7-11/h3-10H,1-2H3,(H,17,18,19)/t9?,10-/m0/s1. The van der Waals surface area contributed by atoms with Crippen molar-refractivity contribution < 1.29 is 4.39 Å². The summed E-state index contributed by atoms with van der Waals surface area (Å²) in [4.78, 5) is 7.93. The van der Waals surface area contributed by atoms with Gasteiger partial charge in [-0.15, -0.1) is 0 Å². The number of nitrogens with zero attached hydrogens (tertiary/aromatic N) is 2. The molecule has 2 atom stereocenters. The molecule has 1 aromatic carbocycles. The van der Waals surface area contributed by atoms with Crippen molar-refractivity contribution in [1.82, 2.24) is 9.97 Å². The Morgan fingerprint density at radius 3 is 2.47 bits per heavy atom. The zero-order valence-electron chi connectivity index (χ0n) is 10.8. The molecule has 0 fully saturated rings. The second-order valence-electron chi connectivity index (χ2n) is 4.31. The van der Waals surface area contributed by atoms with Crippen LogP contribution in [0.5, 0.6) is 0 Å².